The molecular formula is C23H22N4O2. The average Bonchev–Trinajstić information content (AvgIpc) is 3.43. The molecule has 6 heteroatoms. The van der Waals surface area contributed by atoms with Crippen molar-refractivity contribution in [1.29, 1.82) is 0 Å². The Bertz CT molecular complexity index is 1120. The number of ether oxygens (including phenoxy) is 1. The number of para-hydroxylation sites is 1. The molecule has 0 amide bonds. The van der Waals surface area contributed by atoms with Gasteiger partial charge in [0.25, 0.3) is 0 Å². The monoisotopic (exact) mass is 386 g/mol. The fraction of sp³-hybridized carbons (Fsp3) is 0.261. The summed E-state index contributed by atoms with van der Waals surface area (Å²) in [6.45, 7) is 2.81. The predicted octanol–water partition coefficient (Wildman–Crippen LogP) is 4.28. The van der Waals surface area contributed by atoms with Crippen LogP contribution in [-0.2, 0) is 6.54 Å². The zero-order chi connectivity index (χ0) is 19.6. The van der Waals surface area contributed by atoms with E-state index in [9.17, 15) is 0 Å². The van der Waals surface area contributed by atoms with Crippen molar-refractivity contribution in [3.63, 3.8) is 0 Å². The van der Waals surface area contributed by atoms with Crippen LogP contribution in [0.3, 0.4) is 0 Å². The van der Waals surface area contributed by atoms with E-state index < -0.39 is 0 Å². The first kappa shape index (κ1) is 17.8. The number of nitrogens with zero attached hydrogens (tertiary/aromatic N) is 4. The second-order valence-corrected chi connectivity index (χ2v) is 7.43. The summed E-state index contributed by atoms with van der Waals surface area (Å²) in [4.78, 5) is 7.00. The van der Waals surface area contributed by atoms with Gasteiger partial charge in [-0.2, -0.15) is 0 Å². The van der Waals surface area contributed by atoms with Crippen molar-refractivity contribution in [2.45, 2.75) is 18.9 Å². The number of aromatic nitrogens is 3. The van der Waals surface area contributed by atoms with Crippen LogP contribution >= 0.6 is 0 Å². The van der Waals surface area contributed by atoms with Crippen LogP contribution in [0.5, 0.6) is 5.75 Å². The van der Waals surface area contributed by atoms with Gasteiger partial charge in [0.05, 0.1) is 18.5 Å². The van der Waals surface area contributed by atoms with Crippen molar-refractivity contribution in [3.05, 3.63) is 72.2 Å². The van der Waals surface area contributed by atoms with Crippen molar-refractivity contribution >= 4 is 10.9 Å². The summed E-state index contributed by atoms with van der Waals surface area (Å²) < 4.78 is 11.2. The molecular weight excluding hydrogens is 364 g/mol. The maximum absolute atomic E-state index is 5.98. The van der Waals surface area contributed by atoms with Gasteiger partial charge in [-0.15, -0.1) is 10.2 Å². The van der Waals surface area contributed by atoms with E-state index in [1.54, 1.807) is 7.11 Å². The first-order valence-electron chi connectivity index (χ1n) is 9.82. The van der Waals surface area contributed by atoms with Crippen LogP contribution in [0.25, 0.3) is 22.4 Å². The third-order valence-corrected chi connectivity index (χ3v) is 5.45. The number of fused-ring (bicyclic) bond motifs is 1. The zero-order valence-electron chi connectivity index (χ0n) is 16.3. The normalized spacial score (nSPS) is 17.1. The summed E-state index contributed by atoms with van der Waals surface area (Å²) in [6, 6.07) is 18.1. The molecule has 6 nitrogen and oxygen atoms in total. The molecule has 0 N–H and O–H groups in total. The second-order valence-electron chi connectivity index (χ2n) is 7.43. The van der Waals surface area contributed by atoms with Gasteiger partial charge in [-0.05, 0) is 54.9 Å². The van der Waals surface area contributed by atoms with E-state index >= 15 is 0 Å². The SMILES string of the molecule is COc1ccc(-c2nnc([C@H]3CCN(Cc4cnc5ccccc5c4)C3)o2)cc1. The van der Waals surface area contributed by atoms with E-state index in [0.29, 0.717) is 5.89 Å². The summed E-state index contributed by atoms with van der Waals surface area (Å²) in [7, 11) is 1.65. The Kier molecular flexibility index (Phi) is 4.69. The molecule has 0 saturated carbocycles. The molecule has 1 atom stereocenters. The van der Waals surface area contributed by atoms with Crippen LogP contribution in [0, 0.1) is 0 Å². The number of hydrogen-bond acceptors (Lipinski definition) is 6. The van der Waals surface area contributed by atoms with Gasteiger partial charge in [-0.3, -0.25) is 9.88 Å². The first-order chi connectivity index (χ1) is 14.3. The highest BCUT2D eigenvalue weighted by atomic mass is 16.5. The Morgan fingerprint density at radius 3 is 2.83 bits per heavy atom. The summed E-state index contributed by atoms with van der Waals surface area (Å²) in [5.41, 5.74) is 3.17. The number of likely N-dealkylation sites (tertiary alicyclic amines) is 1. The van der Waals surface area contributed by atoms with Gasteiger partial charge in [0.2, 0.25) is 11.8 Å². The van der Waals surface area contributed by atoms with Crippen LogP contribution in [0.1, 0.15) is 23.8 Å². The minimum atomic E-state index is 0.267. The Labute approximate surface area is 169 Å². The number of methoxy groups -OCH3 is 1. The van der Waals surface area contributed by atoms with Gasteiger partial charge in [0.1, 0.15) is 5.75 Å². The molecule has 0 bridgehead atoms. The number of pyridine rings is 1. The van der Waals surface area contributed by atoms with Gasteiger partial charge in [-0.25, -0.2) is 0 Å². The van der Waals surface area contributed by atoms with E-state index in [0.717, 1.165) is 48.8 Å². The van der Waals surface area contributed by atoms with Crippen LogP contribution in [0.15, 0.2) is 65.2 Å². The standard InChI is InChI=1S/C23H22N4O2/c1-28-20-8-6-17(7-9-20)22-25-26-23(29-22)19-10-11-27(15-19)14-16-12-18-4-2-3-5-21(18)24-13-16/h2-9,12-13,19H,10-11,14-15H2,1H3/t19-/m0/s1. The molecule has 1 aliphatic heterocycles. The predicted molar refractivity (Wildman–Crippen MR) is 111 cm³/mol. The fourth-order valence-electron chi connectivity index (χ4n) is 3.89. The minimum Gasteiger partial charge on any atom is -0.497 e. The molecule has 3 heterocycles. The zero-order valence-corrected chi connectivity index (χ0v) is 16.3. The molecule has 1 saturated heterocycles. The molecule has 0 unspecified atom stereocenters. The lowest BCUT2D eigenvalue weighted by Crippen LogP contribution is -2.19. The number of benzene rings is 2. The van der Waals surface area contributed by atoms with Gasteiger partial charge in [-0.1, -0.05) is 18.2 Å². The quantitative estimate of drug-likeness (QED) is 0.510. The molecule has 0 aliphatic carbocycles. The van der Waals surface area contributed by atoms with Crippen LogP contribution in [0.4, 0.5) is 0 Å². The fourth-order valence-corrected chi connectivity index (χ4v) is 3.89. The molecule has 5 rings (SSSR count). The molecule has 29 heavy (non-hydrogen) atoms. The Hall–Kier alpha value is -3.25. The molecule has 1 aliphatic rings. The van der Waals surface area contributed by atoms with Crippen molar-refractivity contribution in [3.8, 4) is 17.2 Å². The molecule has 2 aromatic heterocycles. The van der Waals surface area contributed by atoms with Crippen molar-refractivity contribution < 1.29 is 9.15 Å². The maximum Gasteiger partial charge on any atom is 0.247 e. The van der Waals surface area contributed by atoms with E-state index in [1.807, 2.05) is 42.6 Å². The second kappa shape index (κ2) is 7.64. The smallest absolute Gasteiger partial charge is 0.247 e. The van der Waals surface area contributed by atoms with E-state index in [4.69, 9.17) is 9.15 Å². The van der Waals surface area contributed by atoms with Gasteiger partial charge in [0, 0.05) is 30.2 Å². The van der Waals surface area contributed by atoms with Crippen LogP contribution in [-0.4, -0.2) is 40.3 Å². The molecule has 146 valence electrons. The third-order valence-electron chi connectivity index (χ3n) is 5.45. The average molecular weight is 386 g/mol. The Morgan fingerprint density at radius 1 is 1.10 bits per heavy atom. The summed E-state index contributed by atoms with van der Waals surface area (Å²) in [5, 5.41) is 9.74. The number of hydrogen-bond donors (Lipinski definition) is 0. The number of rotatable bonds is 5. The van der Waals surface area contributed by atoms with Crippen molar-refractivity contribution in [2.24, 2.45) is 0 Å². The summed E-state index contributed by atoms with van der Waals surface area (Å²) >= 11 is 0. The van der Waals surface area contributed by atoms with E-state index in [-0.39, 0.29) is 5.92 Å². The molecule has 0 spiro atoms. The van der Waals surface area contributed by atoms with Gasteiger partial charge in [0.15, 0.2) is 0 Å². The van der Waals surface area contributed by atoms with Crippen molar-refractivity contribution in [1.82, 2.24) is 20.1 Å². The third kappa shape index (κ3) is 3.71. The summed E-state index contributed by atoms with van der Waals surface area (Å²) in [6.07, 6.45) is 3.00. The first-order valence-corrected chi connectivity index (χ1v) is 9.82. The lowest BCUT2D eigenvalue weighted by Gasteiger charge is -2.15. The van der Waals surface area contributed by atoms with Crippen LogP contribution in [0.2, 0.25) is 0 Å². The molecule has 1 fully saturated rings. The highest BCUT2D eigenvalue weighted by Crippen LogP contribution is 2.30. The molecule has 2 aromatic carbocycles. The van der Waals surface area contributed by atoms with E-state index in [1.165, 1.54) is 10.9 Å². The largest absolute Gasteiger partial charge is 0.497 e. The molecule has 4 aromatic rings. The minimum absolute atomic E-state index is 0.267. The molecule has 0 radical (unpaired) electrons. The van der Waals surface area contributed by atoms with E-state index in [2.05, 4.69) is 38.3 Å². The lowest BCUT2D eigenvalue weighted by atomic mass is 10.1. The summed E-state index contributed by atoms with van der Waals surface area (Å²) in [5.74, 6) is 2.35. The van der Waals surface area contributed by atoms with Gasteiger partial charge < -0.3 is 9.15 Å². The Morgan fingerprint density at radius 2 is 1.97 bits per heavy atom. The van der Waals surface area contributed by atoms with Gasteiger partial charge >= 0.3 is 0 Å². The lowest BCUT2D eigenvalue weighted by molar-refractivity contribution is 0.320. The maximum atomic E-state index is 5.98. The highest BCUT2D eigenvalue weighted by molar-refractivity contribution is 5.78. The van der Waals surface area contributed by atoms with Crippen molar-refractivity contribution in [2.75, 3.05) is 20.2 Å². The Balaban J connectivity index is 1.26. The highest BCUT2D eigenvalue weighted by Gasteiger charge is 2.28. The topological polar surface area (TPSA) is 64.3 Å². The van der Waals surface area contributed by atoms with Crippen LogP contribution < -0.4 is 4.74 Å².